The normalized spacial score (nSPS) is 13.4. The molecule has 0 radical (unpaired) electrons. The van der Waals surface area contributed by atoms with Crippen LogP contribution in [0.1, 0.15) is 194 Å². The maximum atomic E-state index is 12.6. The first-order valence-electron chi connectivity index (χ1n) is 20.7. The average Bonchev–Trinajstić information content (AvgIpc) is 3.06. The number of phosphoric acid groups is 1. The molecule has 0 aliphatic rings. The lowest BCUT2D eigenvalue weighted by molar-refractivity contribution is -0.870. The van der Waals surface area contributed by atoms with Gasteiger partial charge < -0.3 is 33.4 Å². The largest absolute Gasteiger partial charge is 0.756 e. The van der Waals surface area contributed by atoms with E-state index in [2.05, 4.69) is 13.8 Å². The fourth-order valence-electron chi connectivity index (χ4n) is 5.83. The fourth-order valence-corrected chi connectivity index (χ4v) is 6.56. The molecule has 0 aromatic heterocycles. The first-order chi connectivity index (χ1) is 24.0. The van der Waals surface area contributed by atoms with Gasteiger partial charge in [-0.05, 0) is 12.8 Å². The topological polar surface area (TPSA) is 143 Å². The number of carbonyl (C=O) groups is 2. The van der Waals surface area contributed by atoms with Gasteiger partial charge in [0.2, 0.25) is 0 Å². The third kappa shape index (κ3) is 40.0. The summed E-state index contributed by atoms with van der Waals surface area (Å²) < 4.78 is 33.8. The molecular weight excluding hydrogens is 669 g/mol. The number of likely N-dealkylation sites (N-methyl/N-ethyl adjacent to an activating group) is 1. The van der Waals surface area contributed by atoms with Crippen molar-refractivity contribution >= 4 is 19.8 Å². The van der Waals surface area contributed by atoms with Gasteiger partial charge in [0.1, 0.15) is 19.8 Å². The number of unbranched alkanes of at least 4 members (excludes halogenated alkanes) is 24. The molecule has 0 fully saturated rings. The molecule has 0 bridgehead atoms. The molecule has 0 saturated heterocycles. The second-order valence-electron chi connectivity index (χ2n) is 15.4. The minimum Gasteiger partial charge on any atom is -0.756 e. The van der Waals surface area contributed by atoms with Crippen LogP contribution in [0.2, 0.25) is 0 Å². The molecule has 306 valence electrons. The second kappa shape index (κ2) is 36.0. The third-order valence-corrected chi connectivity index (χ3v) is 10.1. The summed E-state index contributed by atoms with van der Waals surface area (Å²) >= 11 is 0. The van der Waals surface area contributed by atoms with Crippen LogP contribution in [0.15, 0.2) is 0 Å². The summed E-state index contributed by atoms with van der Waals surface area (Å²) in [5.74, 6) is -0.823. The lowest BCUT2D eigenvalue weighted by Crippen LogP contribution is -2.37. The number of esters is 2. The van der Waals surface area contributed by atoms with Crippen molar-refractivity contribution in [2.45, 2.75) is 200 Å². The molecule has 10 nitrogen and oxygen atoms in total. The van der Waals surface area contributed by atoms with E-state index in [0.717, 1.165) is 32.1 Å². The minimum absolute atomic E-state index is 0. The fraction of sp³-hybridized carbons (Fsp3) is 0.950. The zero-order valence-corrected chi connectivity index (χ0v) is 34.8. The van der Waals surface area contributed by atoms with Gasteiger partial charge in [-0.2, -0.15) is 0 Å². The number of hydrogen-bond acceptors (Lipinski definition) is 8. The molecule has 0 amide bonds. The highest BCUT2D eigenvalue weighted by atomic mass is 31.2. The first kappa shape index (κ1) is 52.1. The molecule has 2 atom stereocenters. The Kier molecular flexibility index (Phi) is 36.7. The molecule has 0 heterocycles. The Bertz CT molecular complexity index is 837. The highest BCUT2D eigenvalue weighted by Crippen LogP contribution is 2.38. The van der Waals surface area contributed by atoms with E-state index < -0.39 is 26.5 Å². The maximum Gasteiger partial charge on any atom is 0.306 e. The Morgan fingerprint density at radius 2 is 0.902 bits per heavy atom. The Morgan fingerprint density at radius 1 is 0.549 bits per heavy atom. The molecule has 0 aliphatic carbocycles. The molecule has 1 unspecified atom stereocenters. The molecule has 2 N–H and O–H groups in total. The second-order valence-corrected chi connectivity index (χ2v) is 16.8. The van der Waals surface area contributed by atoms with Gasteiger partial charge >= 0.3 is 11.9 Å². The molecule has 0 spiro atoms. The van der Waals surface area contributed by atoms with Gasteiger partial charge in [-0.25, -0.2) is 0 Å². The average molecular weight is 752 g/mol. The van der Waals surface area contributed by atoms with Crippen molar-refractivity contribution in [1.29, 1.82) is 0 Å². The molecule has 0 aromatic carbocycles. The summed E-state index contributed by atoms with van der Waals surface area (Å²) in [5.41, 5.74) is 0. The molecule has 0 aromatic rings. The highest BCUT2D eigenvalue weighted by molar-refractivity contribution is 7.45. The quantitative estimate of drug-likeness (QED) is 0.0263. The van der Waals surface area contributed by atoms with Crippen LogP contribution in [-0.2, 0) is 32.7 Å². The molecule has 0 saturated carbocycles. The third-order valence-electron chi connectivity index (χ3n) is 9.13. The van der Waals surface area contributed by atoms with Crippen LogP contribution >= 0.6 is 7.82 Å². The van der Waals surface area contributed by atoms with Crippen LogP contribution in [0.3, 0.4) is 0 Å². The number of hydrogen-bond donors (Lipinski definition) is 0. The Labute approximate surface area is 314 Å². The molecule has 51 heavy (non-hydrogen) atoms. The highest BCUT2D eigenvalue weighted by Gasteiger charge is 2.21. The van der Waals surface area contributed by atoms with Gasteiger partial charge in [0, 0.05) is 12.8 Å². The van der Waals surface area contributed by atoms with E-state index in [1.807, 2.05) is 21.1 Å². The zero-order valence-electron chi connectivity index (χ0n) is 33.9. The van der Waals surface area contributed by atoms with Crippen LogP contribution in [-0.4, -0.2) is 75.5 Å². The Hall–Kier alpha value is -1.03. The maximum absolute atomic E-state index is 12.6. The zero-order chi connectivity index (χ0) is 37.2. The summed E-state index contributed by atoms with van der Waals surface area (Å²) in [6, 6.07) is 0. The van der Waals surface area contributed by atoms with Crippen molar-refractivity contribution in [2.24, 2.45) is 0 Å². The van der Waals surface area contributed by atoms with E-state index in [-0.39, 0.29) is 37.5 Å². The molecule has 11 heteroatoms. The summed E-state index contributed by atoms with van der Waals surface area (Å²) in [7, 11) is 1.18. The predicted octanol–water partition coefficient (Wildman–Crippen LogP) is 9.79. The van der Waals surface area contributed by atoms with Gasteiger partial charge in [0.25, 0.3) is 7.82 Å². The number of nitrogens with zero attached hydrogens (tertiary/aromatic N) is 1. The van der Waals surface area contributed by atoms with Crippen molar-refractivity contribution in [3.05, 3.63) is 0 Å². The van der Waals surface area contributed by atoms with Gasteiger partial charge in [-0.3, -0.25) is 14.2 Å². The van der Waals surface area contributed by atoms with Crippen LogP contribution < -0.4 is 4.89 Å². The van der Waals surface area contributed by atoms with E-state index in [9.17, 15) is 19.0 Å². The molecule has 0 aliphatic heterocycles. The van der Waals surface area contributed by atoms with Gasteiger partial charge in [0.05, 0.1) is 27.7 Å². The Morgan fingerprint density at radius 3 is 1.27 bits per heavy atom. The number of phosphoric ester groups is 1. The lowest BCUT2D eigenvalue weighted by Gasteiger charge is -2.28. The summed E-state index contributed by atoms with van der Waals surface area (Å²) in [5, 5.41) is 0. The first-order valence-corrected chi connectivity index (χ1v) is 22.2. The van der Waals surface area contributed by atoms with Crippen LogP contribution in [0.5, 0.6) is 0 Å². The molecular formula is C40H82NO9P. The lowest BCUT2D eigenvalue weighted by atomic mass is 10.0. The standard InChI is InChI=1S/C40H80NO8P.H2O/c1-6-8-10-12-14-16-18-20-22-24-26-28-30-32-39(42)46-36-38(37-48-50(44,45)47-35-34-41(3,4)5)49-40(43)33-31-29-27-25-23-21-19-17-15-13-11-9-7-2;/h38H,6-37H2,1-5H3;1H2/t38-;/m1./s1. The summed E-state index contributed by atoms with van der Waals surface area (Å²) in [4.78, 5) is 37.4. The van der Waals surface area contributed by atoms with Crippen molar-refractivity contribution in [1.82, 2.24) is 0 Å². The van der Waals surface area contributed by atoms with E-state index in [4.69, 9.17) is 18.5 Å². The van der Waals surface area contributed by atoms with E-state index in [0.29, 0.717) is 17.4 Å². The number of rotatable bonds is 38. The number of carbonyl (C=O) groups excluding carboxylic acids is 2. The van der Waals surface area contributed by atoms with Crippen molar-refractivity contribution in [3.63, 3.8) is 0 Å². The predicted molar refractivity (Wildman–Crippen MR) is 207 cm³/mol. The van der Waals surface area contributed by atoms with Gasteiger partial charge in [0.15, 0.2) is 6.10 Å². The van der Waals surface area contributed by atoms with E-state index in [1.165, 1.54) is 128 Å². The SMILES string of the molecule is CCCCCCCCCCCCCCCC(=O)OC[C@H](COP(=O)([O-])OCC[N+](C)(C)C)OC(=O)CCCCCCCCCCCCCCC.O. The van der Waals surface area contributed by atoms with Crippen molar-refractivity contribution in [3.8, 4) is 0 Å². The summed E-state index contributed by atoms with van der Waals surface area (Å²) in [6.07, 6.45) is 31.2. The van der Waals surface area contributed by atoms with E-state index >= 15 is 0 Å². The van der Waals surface area contributed by atoms with E-state index in [1.54, 1.807) is 0 Å². The van der Waals surface area contributed by atoms with Crippen LogP contribution in [0, 0.1) is 0 Å². The van der Waals surface area contributed by atoms with Crippen molar-refractivity contribution in [2.75, 3.05) is 47.5 Å². The summed E-state index contributed by atoms with van der Waals surface area (Å²) in [6.45, 7) is 4.24. The Balaban J connectivity index is 0. The minimum atomic E-state index is -4.61. The van der Waals surface area contributed by atoms with Gasteiger partial charge in [-0.15, -0.1) is 0 Å². The van der Waals surface area contributed by atoms with Crippen molar-refractivity contribution < 1.29 is 47.5 Å². The number of quaternary nitrogens is 1. The number of ether oxygens (including phenoxy) is 2. The van der Waals surface area contributed by atoms with Crippen LogP contribution in [0.4, 0.5) is 0 Å². The molecule has 0 rings (SSSR count). The smallest absolute Gasteiger partial charge is 0.306 e. The van der Waals surface area contributed by atoms with Gasteiger partial charge in [-0.1, -0.05) is 168 Å². The monoisotopic (exact) mass is 752 g/mol. The van der Waals surface area contributed by atoms with Crippen LogP contribution in [0.25, 0.3) is 0 Å².